The van der Waals surface area contributed by atoms with Gasteiger partial charge in [-0.1, -0.05) is 35.9 Å². The summed E-state index contributed by atoms with van der Waals surface area (Å²) in [5, 5.41) is 0. The molecule has 0 N–H and O–H groups in total. The second-order valence-electron chi connectivity index (χ2n) is 9.10. The molecule has 0 spiro atoms. The summed E-state index contributed by atoms with van der Waals surface area (Å²) in [4.78, 5) is 2.41. The van der Waals surface area contributed by atoms with Crippen molar-refractivity contribution in [2.45, 2.75) is 38.5 Å². The number of rotatable bonds is 3. The number of morpholine rings is 2. The molecule has 1 aromatic rings. The topological polar surface area (TPSA) is 24.7 Å². The van der Waals surface area contributed by atoms with Gasteiger partial charge in [0, 0.05) is 31.6 Å². The van der Waals surface area contributed by atoms with Crippen molar-refractivity contribution in [2.24, 2.45) is 0 Å². The van der Waals surface area contributed by atoms with E-state index in [0.29, 0.717) is 0 Å². The molecule has 0 unspecified atom stereocenters. The predicted octanol–water partition coefficient (Wildman–Crippen LogP) is 4.61. The van der Waals surface area contributed by atoms with Gasteiger partial charge >= 0.3 is 0 Å². The Morgan fingerprint density at radius 1 is 0.742 bits per heavy atom. The van der Waals surface area contributed by atoms with Crippen LogP contribution in [0.4, 0.5) is 5.69 Å². The summed E-state index contributed by atoms with van der Waals surface area (Å²) in [7, 11) is 0. The summed E-state index contributed by atoms with van der Waals surface area (Å²) in [6, 6.07) is 9.02. The van der Waals surface area contributed by atoms with E-state index in [-0.39, 0.29) is 0 Å². The number of benzene rings is 1. The van der Waals surface area contributed by atoms with E-state index in [1.807, 2.05) is 0 Å². The smallest absolute Gasteiger partial charge is 0.166 e. The number of nitrogens with zero attached hydrogens (tertiary/aromatic N) is 2. The summed E-state index contributed by atoms with van der Waals surface area (Å²) in [5.74, 6) is 0. The minimum absolute atomic E-state index is 0.835. The van der Waals surface area contributed by atoms with Crippen LogP contribution in [-0.4, -0.2) is 62.9 Å². The lowest BCUT2D eigenvalue weighted by atomic mass is 9.91. The molecule has 0 atom stereocenters. The zero-order valence-electron chi connectivity index (χ0n) is 18.7. The van der Waals surface area contributed by atoms with Crippen LogP contribution in [0.2, 0.25) is 0 Å². The van der Waals surface area contributed by atoms with Crippen LogP contribution in [0.5, 0.6) is 0 Å². The lowest BCUT2D eigenvalue weighted by Gasteiger charge is -2.28. The summed E-state index contributed by atoms with van der Waals surface area (Å²) in [5.41, 5.74) is 8.88. The van der Waals surface area contributed by atoms with Crippen LogP contribution in [0.25, 0.3) is 6.08 Å². The Morgan fingerprint density at radius 2 is 1.45 bits per heavy atom. The van der Waals surface area contributed by atoms with Crippen molar-refractivity contribution in [3.05, 3.63) is 58.7 Å². The summed E-state index contributed by atoms with van der Waals surface area (Å²) < 4.78 is 13.5. The molecule has 4 nitrogen and oxygen atoms in total. The molecule has 3 fully saturated rings. The monoisotopic (exact) mass is 419 g/mol. The van der Waals surface area contributed by atoms with Crippen LogP contribution in [-0.2, 0) is 9.47 Å². The van der Waals surface area contributed by atoms with E-state index in [4.69, 9.17) is 9.47 Å². The van der Waals surface area contributed by atoms with E-state index in [9.17, 15) is 0 Å². The molecule has 1 aromatic carbocycles. The molecule has 2 aliphatic heterocycles. The Balaban J connectivity index is 1.19. The van der Waals surface area contributed by atoms with Crippen molar-refractivity contribution in [2.75, 3.05) is 57.5 Å². The number of ether oxygens (including phenoxy) is 2. The van der Waals surface area contributed by atoms with Gasteiger partial charge in [0.05, 0.1) is 13.2 Å². The molecule has 5 rings (SSSR count). The fourth-order valence-electron chi connectivity index (χ4n) is 5.18. The Labute approximate surface area is 186 Å². The Kier molecular flexibility index (Phi) is 6.66. The summed E-state index contributed by atoms with van der Waals surface area (Å²) in [6.07, 6.45) is 14.5. The van der Waals surface area contributed by atoms with Gasteiger partial charge in [-0.05, 0) is 54.5 Å². The highest BCUT2D eigenvalue weighted by molar-refractivity contribution is 5.81. The Morgan fingerprint density at radius 3 is 2.19 bits per heavy atom. The molecule has 0 aromatic heterocycles. The van der Waals surface area contributed by atoms with Gasteiger partial charge in [0.2, 0.25) is 0 Å². The molecule has 0 bridgehead atoms. The fraction of sp³-hybridized carbons (Fsp3) is 0.519. The molecule has 4 aliphatic rings. The highest BCUT2D eigenvalue weighted by Gasteiger charge is 2.22. The van der Waals surface area contributed by atoms with Crippen molar-refractivity contribution in [3.63, 3.8) is 0 Å². The lowest BCUT2D eigenvalue weighted by molar-refractivity contribution is -0.551. The highest BCUT2D eigenvalue weighted by Crippen LogP contribution is 2.30. The molecule has 0 radical (unpaired) electrons. The zero-order valence-corrected chi connectivity index (χ0v) is 18.7. The van der Waals surface area contributed by atoms with Crippen LogP contribution in [0.1, 0.15) is 44.1 Å². The van der Waals surface area contributed by atoms with Gasteiger partial charge in [0.1, 0.15) is 13.2 Å². The maximum atomic E-state index is 5.50. The van der Waals surface area contributed by atoms with Crippen LogP contribution < -0.4 is 4.90 Å². The lowest BCUT2D eigenvalue weighted by Crippen LogP contribution is -2.36. The van der Waals surface area contributed by atoms with Crippen molar-refractivity contribution >= 4 is 17.5 Å². The molecular weight excluding hydrogens is 384 g/mol. The normalized spacial score (nSPS) is 24.0. The van der Waals surface area contributed by atoms with E-state index in [1.165, 1.54) is 54.5 Å². The van der Waals surface area contributed by atoms with Gasteiger partial charge in [-0.2, -0.15) is 0 Å². The molecular formula is C27H35N2O2+. The second-order valence-corrected chi connectivity index (χ2v) is 9.10. The van der Waals surface area contributed by atoms with E-state index >= 15 is 0 Å². The van der Waals surface area contributed by atoms with Gasteiger partial charge in [-0.3, -0.25) is 0 Å². The van der Waals surface area contributed by atoms with Crippen LogP contribution in [0, 0.1) is 0 Å². The molecule has 31 heavy (non-hydrogen) atoms. The quantitative estimate of drug-likeness (QED) is 0.669. The molecule has 2 heterocycles. The first-order chi connectivity index (χ1) is 15.3. The number of anilines is 1. The average molecular weight is 420 g/mol. The molecule has 0 amide bonds. The van der Waals surface area contributed by atoms with Crippen molar-refractivity contribution < 1.29 is 14.0 Å². The van der Waals surface area contributed by atoms with Gasteiger partial charge in [0.25, 0.3) is 0 Å². The third-order valence-electron chi connectivity index (χ3n) is 7.01. The van der Waals surface area contributed by atoms with Gasteiger partial charge in [-0.15, -0.1) is 0 Å². The van der Waals surface area contributed by atoms with Crippen molar-refractivity contribution in [1.82, 2.24) is 0 Å². The second kappa shape index (κ2) is 9.97. The molecule has 2 aliphatic carbocycles. The number of hydrogen-bond donors (Lipinski definition) is 0. The molecule has 1 saturated carbocycles. The maximum absolute atomic E-state index is 5.50. The standard InChI is InChI=1S/C27H35N2O2/c1-2-25(20-23-5-9-27(10-6-23)29-13-17-31-18-14-29)21-24(1)19-22-3-7-26(8-4-22)28-11-15-30-16-12-28/h3-4,7-8,19-21H,1-2,5-6,9-18H2/q+1. The summed E-state index contributed by atoms with van der Waals surface area (Å²) in [6.45, 7) is 7.61. The van der Waals surface area contributed by atoms with Crippen LogP contribution in [0.3, 0.4) is 0 Å². The van der Waals surface area contributed by atoms with Gasteiger partial charge in [0.15, 0.2) is 18.8 Å². The third kappa shape index (κ3) is 5.36. The number of hydrogen-bond acceptors (Lipinski definition) is 3. The van der Waals surface area contributed by atoms with E-state index < -0.39 is 0 Å². The summed E-state index contributed by atoms with van der Waals surface area (Å²) >= 11 is 0. The first-order valence-corrected chi connectivity index (χ1v) is 12.0. The van der Waals surface area contributed by atoms with Crippen molar-refractivity contribution in [3.8, 4) is 0 Å². The highest BCUT2D eigenvalue weighted by atomic mass is 16.5. The molecule has 2 saturated heterocycles. The largest absolute Gasteiger partial charge is 0.378 e. The minimum atomic E-state index is 0.835. The molecule has 4 heteroatoms. The third-order valence-corrected chi connectivity index (χ3v) is 7.01. The van der Waals surface area contributed by atoms with Crippen LogP contribution in [0.15, 0.2) is 53.1 Å². The Bertz CT molecular complexity index is 882. The average Bonchev–Trinajstić information content (AvgIpc) is 3.28. The SMILES string of the molecule is C1=C(C=C2CCC(=[N+]3CCOCC3)CC2)CCC1=Cc1ccc(N2CCOCC2)cc1. The Hall–Kier alpha value is -2.17. The first-order valence-electron chi connectivity index (χ1n) is 12.0. The van der Waals surface area contributed by atoms with Crippen LogP contribution >= 0.6 is 0 Å². The van der Waals surface area contributed by atoms with E-state index in [1.54, 1.807) is 11.3 Å². The van der Waals surface area contributed by atoms with E-state index in [0.717, 1.165) is 59.0 Å². The van der Waals surface area contributed by atoms with E-state index in [2.05, 4.69) is 52.0 Å². The minimum Gasteiger partial charge on any atom is -0.378 e. The zero-order chi connectivity index (χ0) is 20.9. The predicted molar refractivity (Wildman–Crippen MR) is 127 cm³/mol. The maximum Gasteiger partial charge on any atom is 0.166 e. The van der Waals surface area contributed by atoms with Gasteiger partial charge in [-0.25, -0.2) is 4.58 Å². The van der Waals surface area contributed by atoms with Crippen molar-refractivity contribution in [1.29, 1.82) is 0 Å². The first kappa shape index (κ1) is 20.7. The number of allylic oxidation sites excluding steroid dienone is 5. The fourth-order valence-corrected chi connectivity index (χ4v) is 5.18. The van der Waals surface area contributed by atoms with Gasteiger partial charge < -0.3 is 14.4 Å². The molecule has 164 valence electrons.